The maximum Gasteiger partial charge on any atom is 0.164 e. The normalized spacial score (nSPS) is 12.9. The van der Waals surface area contributed by atoms with Crippen LogP contribution in [-0.4, -0.2) is 19.5 Å². The number of benzene rings is 9. The van der Waals surface area contributed by atoms with Gasteiger partial charge in [0.2, 0.25) is 0 Å². The molecule has 0 N–H and O–H groups in total. The third-order valence-electron chi connectivity index (χ3n) is 13.4. The van der Waals surface area contributed by atoms with Gasteiger partial charge in [-0.25, -0.2) is 15.0 Å². The van der Waals surface area contributed by atoms with Crippen LogP contribution in [0.5, 0.6) is 0 Å². The Balaban J connectivity index is 0.957. The van der Waals surface area contributed by atoms with Crippen molar-refractivity contribution < 1.29 is 0 Å². The summed E-state index contributed by atoms with van der Waals surface area (Å²) in [6, 6.07) is 74.2. The molecule has 1 aliphatic rings. The summed E-state index contributed by atoms with van der Waals surface area (Å²) in [6.45, 7) is 4.70. The highest BCUT2D eigenvalue weighted by Gasteiger charge is 2.36. The number of hydrogen-bond donors (Lipinski definition) is 0. The largest absolute Gasteiger partial charge is 0.309 e. The highest BCUT2D eigenvalue weighted by molar-refractivity contribution is 7.26. The number of thiophene rings is 1. The summed E-state index contributed by atoms with van der Waals surface area (Å²) in [6.07, 6.45) is 0. The number of hydrogen-bond acceptors (Lipinski definition) is 4. The molecule has 306 valence electrons. The summed E-state index contributed by atoms with van der Waals surface area (Å²) in [5, 5.41) is 5.01. The van der Waals surface area contributed by atoms with E-state index in [1.807, 2.05) is 29.5 Å². The van der Waals surface area contributed by atoms with Gasteiger partial charge in [0.15, 0.2) is 17.5 Å². The van der Waals surface area contributed by atoms with E-state index in [2.05, 4.69) is 206 Å². The molecule has 65 heavy (non-hydrogen) atoms. The van der Waals surface area contributed by atoms with Crippen LogP contribution in [0.3, 0.4) is 0 Å². The highest BCUT2D eigenvalue weighted by atomic mass is 32.1. The van der Waals surface area contributed by atoms with Crippen molar-refractivity contribution in [1.82, 2.24) is 19.5 Å². The zero-order chi connectivity index (χ0) is 43.2. The first-order valence-corrected chi connectivity index (χ1v) is 23.0. The number of fused-ring (bicyclic) bond motifs is 9. The fourth-order valence-electron chi connectivity index (χ4n) is 10.3. The topological polar surface area (TPSA) is 43.6 Å². The summed E-state index contributed by atoms with van der Waals surface area (Å²) in [4.78, 5) is 15.7. The first kappa shape index (κ1) is 37.6. The Labute approximate surface area is 380 Å². The molecule has 0 saturated carbocycles. The fraction of sp³-hybridized carbons (Fsp3) is 0.0500. The summed E-state index contributed by atoms with van der Waals surface area (Å²) in [7, 11) is 0. The lowest BCUT2D eigenvalue weighted by Crippen LogP contribution is -2.14. The lowest BCUT2D eigenvalue weighted by atomic mass is 9.82. The molecule has 0 amide bonds. The van der Waals surface area contributed by atoms with Crippen LogP contribution in [0.25, 0.3) is 115 Å². The van der Waals surface area contributed by atoms with Gasteiger partial charge >= 0.3 is 0 Å². The van der Waals surface area contributed by atoms with Crippen LogP contribution in [-0.2, 0) is 5.41 Å². The van der Waals surface area contributed by atoms with Crippen LogP contribution in [0.1, 0.15) is 25.0 Å². The van der Waals surface area contributed by atoms with E-state index in [0.29, 0.717) is 17.5 Å². The standard InChI is InChI=1S/C60H40N4S/c1-60(2)50-27-11-9-24-45(50)47-35-48-46-25-10-12-28-52(46)64(53(48)36-51(47)60)43-23-14-22-42(33-43)59-62-57(38-18-7-4-8-19-38)61-58(63-59)41-21-13-20-40(32-41)44-26-15-29-55-56(44)49-34-39(30-31-54(49)65-55)37-16-5-3-6-17-37/h3-36H,1-2H3. The van der Waals surface area contributed by atoms with Gasteiger partial charge in [-0.3, -0.25) is 0 Å². The van der Waals surface area contributed by atoms with Crippen LogP contribution in [0, 0.1) is 0 Å². The van der Waals surface area contributed by atoms with E-state index in [1.165, 1.54) is 75.4 Å². The second-order valence-electron chi connectivity index (χ2n) is 17.6. The average molecular weight is 849 g/mol. The van der Waals surface area contributed by atoms with Crippen LogP contribution in [0.4, 0.5) is 0 Å². The van der Waals surface area contributed by atoms with Crippen molar-refractivity contribution in [2.24, 2.45) is 0 Å². The smallest absolute Gasteiger partial charge is 0.164 e. The number of aromatic nitrogens is 4. The molecule has 3 heterocycles. The van der Waals surface area contributed by atoms with Gasteiger partial charge in [-0.15, -0.1) is 11.3 Å². The summed E-state index contributed by atoms with van der Waals surface area (Å²) >= 11 is 1.84. The molecule has 0 unspecified atom stereocenters. The average Bonchev–Trinajstić information content (AvgIpc) is 3.98. The van der Waals surface area contributed by atoms with Gasteiger partial charge in [-0.2, -0.15) is 0 Å². The minimum Gasteiger partial charge on any atom is -0.309 e. The van der Waals surface area contributed by atoms with Crippen molar-refractivity contribution >= 4 is 53.3 Å². The van der Waals surface area contributed by atoms with Gasteiger partial charge in [-0.05, 0) is 99.1 Å². The summed E-state index contributed by atoms with van der Waals surface area (Å²) in [5.74, 6) is 1.89. The predicted molar refractivity (Wildman–Crippen MR) is 272 cm³/mol. The quantitative estimate of drug-likeness (QED) is 0.167. The molecular weight excluding hydrogens is 809 g/mol. The maximum atomic E-state index is 5.29. The van der Waals surface area contributed by atoms with E-state index in [9.17, 15) is 0 Å². The molecule has 0 saturated heterocycles. The molecule has 1 aliphatic carbocycles. The molecule has 0 radical (unpaired) electrons. The second-order valence-corrected chi connectivity index (χ2v) is 18.7. The van der Waals surface area contributed by atoms with Crippen molar-refractivity contribution in [1.29, 1.82) is 0 Å². The Bertz CT molecular complexity index is 3860. The zero-order valence-electron chi connectivity index (χ0n) is 35.8. The van der Waals surface area contributed by atoms with Crippen LogP contribution >= 0.6 is 11.3 Å². The fourth-order valence-corrected chi connectivity index (χ4v) is 11.4. The predicted octanol–water partition coefficient (Wildman–Crippen LogP) is 16.0. The van der Waals surface area contributed by atoms with E-state index in [-0.39, 0.29) is 5.41 Å². The van der Waals surface area contributed by atoms with Crippen LogP contribution < -0.4 is 0 Å². The molecule has 3 aromatic heterocycles. The SMILES string of the molecule is CC1(C)c2ccccc2-c2cc3c4ccccc4n(-c4cccc(-c5nc(-c6ccccc6)nc(-c6cccc(-c7cccc8sc9ccc(-c%10ccccc%10)cc9c78)c6)n5)c4)c3cc21. The molecule has 0 fully saturated rings. The van der Waals surface area contributed by atoms with Crippen molar-refractivity contribution in [3.8, 4) is 73.2 Å². The molecule has 0 spiro atoms. The lowest BCUT2D eigenvalue weighted by Gasteiger charge is -2.21. The van der Waals surface area contributed by atoms with E-state index in [4.69, 9.17) is 15.0 Å². The van der Waals surface area contributed by atoms with Crippen molar-refractivity contribution in [3.63, 3.8) is 0 Å². The lowest BCUT2D eigenvalue weighted by molar-refractivity contribution is 0.661. The Kier molecular flexibility index (Phi) is 8.39. The Morgan fingerprint density at radius 3 is 1.82 bits per heavy atom. The molecule has 0 bridgehead atoms. The highest BCUT2D eigenvalue weighted by Crippen LogP contribution is 2.51. The Morgan fingerprint density at radius 1 is 0.369 bits per heavy atom. The van der Waals surface area contributed by atoms with Gasteiger partial charge in [0.1, 0.15) is 0 Å². The molecule has 12 aromatic rings. The number of rotatable bonds is 6. The Hall–Kier alpha value is -7.99. The van der Waals surface area contributed by atoms with Crippen LogP contribution in [0.15, 0.2) is 206 Å². The minimum absolute atomic E-state index is 0.119. The van der Waals surface area contributed by atoms with Crippen molar-refractivity contribution in [3.05, 3.63) is 217 Å². The van der Waals surface area contributed by atoms with E-state index < -0.39 is 0 Å². The molecule has 0 atom stereocenters. The van der Waals surface area contributed by atoms with Gasteiger partial charge < -0.3 is 4.57 Å². The van der Waals surface area contributed by atoms with Crippen LogP contribution in [0.2, 0.25) is 0 Å². The third kappa shape index (κ3) is 6.00. The third-order valence-corrected chi connectivity index (χ3v) is 14.6. The molecule has 4 nitrogen and oxygen atoms in total. The van der Waals surface area contributed by atoms with Gasteiger partial charge in [0.05, 0.1) is 11.0 Å². The van der Waals surface area contributed by atoms with Gasteiger partial charge in [0.25, 0.3) is 0 Å². The van der Waals surface area contributed by atoms with E-state index in [1.54, 1.807) is 0 Å². The molecule has 0 aliphatic heterocycles. The Morgan fingerprint density at radius 2 is 1.00 bits per heavy atom. The number of nitrogens with zero attached hydrogens (tertiary/aromatic N) is 4. The molecular formula is C60H40N4S. The second kappa shape index (κ2) is 14.5. The maximum absolute atomic E-state index is 5.29. The minimum atomic E-state index is -0.119. The van der Waals surface area contributed by atoms with E-state index >= 15 is 0 Å². The molecule has 5 heteroatoms. The zero-order valence-corrected chi connectivity index (χ0v) is 36.6. The number of para-hydroxylation sites is 1. The molecule has 13 rings (SSSR count). The first-order valence-electron chi connectivity index (χ1n) is 22.2. The van der Waals surface area contributed by atoms with Crippen molar-refractivity contribution in [2.45, 2.75) is 19.3 Å². The first-order chi connectivity index (χ1) is 32.0. The summed E-state index contributed by atoms with van der Waals surface area (Å²) in [5.41, 5.74) is 16.2. The van der Waals surface area contributed by atoms with Gasteiger partial charge in [-0.1, -0.05) is 166 Å². The molecule has 9 aromatic carbocycles. The van der Waals surface area contributed by atoms with Gasteiger partial charge in [0, 0.05) is 58.7 Å². The summed E-state index contributed by atoms with van der Waals surface area (Å²) < 4.78 is 4.96. The monoisotopic (exact) mass is 848 g/mol. The van der Waals surface area contributed by atoms with Crippen molar-refractivity contribution in [2.75, 3.05) is 0 Å². The van der Waals surface area contributed by atoms with E-state index in [0.717, 1.165) is 33.5 Å².